The van der Waals surface area contributed by atoms with Crippen LogP contribution in [0.4, 0.5) is 0 Å². The molecule has 0 unspecified atom stereocenters. The largest absolute Gasteiger partial charge is 0.445 e. The van der Waals surface area contributed by atoms with E-state index < -0.39 is 0 Å². The topological polar surface area (TPSA) is 46.3 Å². The molecule has 0 aliphatic carbocycles. The van der Waals surface area contributed by atoms with E-state index in [1.807, 2.05) is 20.8 Å². The van der Waals surface area contributed by atoms with Gasteiger partial charge in [-0.15, -0.1) is 0 Å². The van der Waals surface area contributed by atoms with Crippen LogP contribution in [0.1, 0.15) is 42.9 Å². The molecule has 15 heavy (non-hydrogen) atoms. The van der Waals surface area contributed by atoms with Gasteiger partial charge in [0.1, 0.15) is 5.76 Å². The number of carbonyl (C=O) groups excluding carboxylic acids is 1. The van der Waals surface area contributed by atoms with E-state index >= 15 is 0 Å². The Kier molecular flexibility index (Phi) is 3.88. The van der Waals surface area contributed by atoms with Gasteiger partial charge < -0.3 is 9.32 Å². The Morgan fingerprint density at radius 3 is 2.33 bits per heavy atom. The van der Waals surface area contributed by atoms with Crippen molar-refractivity contribution in [3.8, 4) is 0 Å². The van der Waals surface area contributed by atoms with Crippen molar-refractivity contribution >= 4 is 5.91 Å². The highest BCUT2D eigenvalue weighted by Gasteiger charge is 2.20. The van der Waals surface area contributed by atoms with Crippen molar-refractivity contribution in [2.75, 3.05) is 13.1 Å². The zero-order chi connectivity index (χ0) is 11.4. The molecule has 4 heteroatoms. The Morgan fingerprint density at radius 1 is 1.33 bits per heavy atom. The first-order valence-electron chi connectivity index (χ1n) is 5.39. The fraction of sp³-hybridized carbons (Fsp3) is 0.636. The van der Waals surface area contributed by atoms with Crippen LogP contribution in [-0.4, -0.2) is 28.9 Å². The molecule has 0 bridgehead atoms. The number of amides is 1. The number of hydrogen-bond donors (Lipinski definition) is 0. The van der Waals surface area contributed by atoms with Crippen LogP contribution in [-0.2, 0) is 6.42 Å². The molecule has 1 aromatic rings. The van der Waals surface area contributed by atoms with Gasteiger partial charge in [0.15, 0.2) is 11.6 Å². The van der Waals surface area contributed by atoms with Gasteiger partial charge in [-0.25, -0.2) is 4.98 Å². The monoisotopic (exact) mass is 210 g/mol. The van der Waals surface area contributed by atoms with E-state index in [2.05, 4.69) is 4.98 Å². The predicted octanol–water partition coefficient (Wildman–Crippen LogP) is 2.03. The number of hydrogen-bond acceptors (Lipinski definition) is 3. The minimum atomic E-state index is -0.0408. The quantitative estimate of drug-likeness (QED) is 0.763. The first kappa shape index (κ1) is 11.8. The van der Waals surface area contributed by atoms with E-state index in [-0.39, 0.29) is 5.91 Å². The summed E-state index contributed by atoms with van der Waals surface area (Å²) in [4.78, 5) is 17.9. The van der Waals surface area contributed by atoms with Gasteiger partial charge in [-0.05, 0) is 20.8 Å². The van der Waals surface area contributed by atoms with E-state index in [1.165, 1.54) is 0 Å². The van der Waals surface area contributed by atoms with Crippen molar-refractivity contribution < 1.29 is 9.21 Å². The van der Waals surface area contributed by atoms with Crippen LogP contribution < -0.4 is 0 Å². The molecule has 0 atom stereocenters. The maximum Gasteiger partial charge on any atom is 0.276 e. The summed E-state index contributed by atoms with van der Waals surface area (Å²) in [5.74, 6) is 1.20. The number of carbonyl (C=O) groups is 1. The molecule has 0 spiro atoms. The zero-order valence-corrected chi connectivity index (χ0v) is 9.83. The zero-order valence-electron chi connectivity index (χ0n) is 9.83. The molecule has 0 radical (unpaired) electrons. The maximum atomic E-state index is 12.0. The molecule has 1 aromatic heterocycles. The summed E-state index contributed by atoms with van der Waals surface area (Å²) >= 11 is 0. The minimum Gasteiger partial charge on any atom is -0.445 e. The van der Waals surface area contributed by atoms with Crippen LogP contribution >= 0.6 is 0 Å². The number of nitrogens with zero attached hydrogens (tertiary/aromatic N) is 2. The van der Waals surface area contributed by atoms with Crippen LogP contribution in [0.3, 0.4) is 0 Å². The van der Waals surface area contributed by atoms with Gasteiger partial charge in [0.25, 0.3) is 5.91 Å². The molecule has 1 rings (SSSR count). The van der Waals surface area contributed by atoms with Crippen molar-refractivity contribution in [3.05, 3.63) is 17.3 Å². The van der Waals surface area contributed by atoms with Gasteiger partial charge in [0.2, 0.25) is 0 Å². The van der Waals surface area contributed by atoms with E-state index in [0.29, 0.717) is 36.9 Å². The third-order valence-electron chi connectivity index (χ3n) is 2.40. The normalized spacial score (nSPS) is 10.4. The van der Waals surface area contributed by atoms with E-state index in [4.69, 9.17) is 4.42 Å². The summed E-state index contributed by atoms with van der Waals surface area (Å²) < 4.78 is 5.37. The average molecular weight is 210 g/mol. The number of rotatable bonds is 4. The fourth-order valence-corrected chi connectivity index (χ4v) is 1.46. The fourth-order valence-electron chi connectivity index (χ4n) is 1.46. The summed E-state index contributed by atoms with van der Waals surface area (Å²) in [6.45, 7) is 9.04. The van der Waals surface area contributed by atoms with Gasteiger partial charge in [-0.3, -0.25) is 4.79 Å². The lowest BCUT2D eigenvalue weighted by molar-refractivity contribution is 0.0766. The Morgan fingerprint density at radius 2 is 1.93 bits per heavy atom. The lowest BCUT2D eigenvalue weighted by atomic mass is 10.3. The Bertz CT molecular complexity index is 340. The van der Waals surface area contributed by atoms with Gasteiger partial charge in [0.05, 0.1) is 0 Å². The molecule has 1 heterocycles. The summed E-state index contributed by atoms with van der Waals surface area (Å²) in [6.07, 6.45) is 0.715. The van der Waals surface area contributed by atoms with E-state index in [1.54, 1.807) is 11.8 Å². The average Bonchev–Trinajstić information content (AvgIpc) is 2.61. The molecular formula is C11H18N2O2. The van der Waals surface area contributed by atoms with E-state index in [9.17, 15) is 4.79 Å². The molecule has 0 saturated carbocycles. The van der Waals surface area contributed by atoms with Gasteiger partial charge in [-0.1, -0.05) is 6.92 Å². The van der Waals surface area contributed by atoms with Crippen molar-refractivity contribution in [2.45, 2.75) is 34.1 Å². The third kappa shape index (κ3) is 2.37. The molecule has 0 fully saturated rings. The molecule has 0 aliphatic rings. The Balaban J connectivity index is 2.94. The second-order valence-electron chi connectivity index (χ2n) is 3.34. The van der Waals surface area contributed by atoms with Gasteiger partial charge in [-0.2, -0.15) is 0 Å². The second kappa shape index (κ2) is 4.96. The van der Waals surface area contributed by atoms with Crippen LogP contribution in [0.25, 0.3) is 0 Å². The SMILES string of the molecule is CCc1nc(C(=O)N(CC)CC)c(C)o1. The van der Waals surface area contributed by atoms with Gasteiger partial charge in [0, 0.05) is 19.5 Å². The Hall–Kier alpha value is -1.32. The smallest absolute Gasteiger partial charge is 0.276 e. The summed E-state index contributed by atoms with van der Waals surface area (Å²) in [7, 11) is 0. The first-order chi connectivity index (χ1) is 7.13. The molecule has 0 N–H and O–H groups in total. The van der Waals surface area contributed by atoms with Gasteiger partial charge >= 0.3 is 0 Å². The van der Waals surface area contributed by atoms with Crippen LogP contribution in [0.5, 0.6) is 0 Å². The highest BCUT2D eigenvalue weighted by molar-refractivity contribution is 5.93. The highest BCUT2D eigenvalue weighted by atomic mass is 16.4. The molecule has 84 valence electrons. The standard InChI is InChI=1S/C11H18N2O2/c1-5-9-12-10(8(4)15-9)11(14)13(6-2)7-3/h5-7H2,1-4H3. The Labute approximate surface area is 90.3 Å². The molecule has 1 amide bonds. The van der Waals surface area contributed by atoms with Crippen molar-refractivity contribution in [3.63, 3.8) is 0 Å². The lowest BCUT2D eigenvalue weighted by Gasteiger charge is -2.16. The lowest BCUT2D eigenvalue weighted by Crippen LogP contribution is -2.31. The highest BCUT2D eigenvalue weighted by Crippen LogP contribution is 2.12. The molecular weight excluding hydrogens is 192 g/mol. The predicted molar refractivity (Wildman–Crippen MR) is 57.9 cm³/mol. The second-order valence-corrected chi connectivity index (χ2v) is 3.34. The van der Waals surface area contributed by atoms with Crippen molar-refractivity contribution in [1.29, 1.82) is 0 Å². The number of oxazole rings is 1. The number of aromatic nitrogens is 1. The van der Waals surface area contributed by atoms with Crippen LogP contribution in [0, 0.1) is 6.92 Å². The number of aryl methyl sites for hydroxylation is 2. The van der Waals surface area contributed by atoms with Crippen LogP contribution in [0.2, 0.25) is 0 Å². The van der Waals surface area contributed by atoms with E-state index in [0.717, 1.165) is 0 Å². The minimum absolute atomic E-state index is 0.0408. The summed E-state index contributed by atoms with van der Waals surface area (Å²) in [5, 5.41) is 0. The molecule has 0 aromatic carbocycles. The van der Waals surface area contributed by atoms with Crippen molar-refractivity contribution in [2.24, 2.45) is 0 Å². The van der Waals surface area contributed by atoms with Crippen molar-refractivity contribution in [1.82, 2.24) is 9.88 Å². The first-order valence-corrected chi connectivity index (χ1v) is 5.39. The summed E-state index contributed by atoms with van der Waals surface area (Å²) in [5.41, 5.74) is 0.454. The molecule has 4 nitrogen and oxygen atoms in total. The summed E-state index contributed by atoms with van der Waals surface area (Å²) in [6, 6.07) is 0. The molecule has 0 saturated heterocycles. The molecule has 0 aliphatic heterocycles. The maximum absolute atomic E-state index is 12.0. The van der Waals surface area contributed by atoms with Crippen LogP contribution in [0.15, 0.2) is 4.42 Å². The third-order valence-corrected chi connectivity index (χ3v) is 2.40.